The molecule has 2 rings (SSSR count). The van der Waals surface area contributed by atoms with Gasteiger partial charge in [0.2, 0.25) is 0 Å². The van der Waals surface area contributed by atoms with Crippen LogP contribution in [0.5, 0.6) is 0 Å². The molecular weight excluding hydrogens is 224 g/mol. The fourth-order valence-electron chi connectivity index (χ4n) is 3.44. The first-order chi connectivity index (χ1) is 8.72. The van der Waals surface area contributed by atoms with Crippen molar-refractivity contribution in [3.05, 3.63) is 0 Å². The highest BCUT2D eigenvalue weighted by molar-refractivity contribution is 4.88. The maximum absolute atomic E-state index is 5.69. The topological polar surface area (TPSA) is 15.7 Å². The fraction of sp³-hybridized carbons (Fsp3) is 1.00. The molecule has 0 radical (unpaired) electrons. The van der Waals surface area contributed by atoms with Gasteiger partial charge in [-0.15, -0.1) is 0 Å². The van der Waals surface area contributed by atoms with E-state index in [4.69, 9.17) is 4.74 Å². The van der Waals surface area contributed by atoms with E-state index >= 15 is 0 Å². The van der Waals surface area contributed by atoms with Crippen LogP contribution in [-0.4, -0.2) is 61.3 Å². The number of hydrogen-bond acceptors (Lipinski definition) is 3. The number of fused-ring (bicyclic) bond motifs is 1. The van der Waals surface area contributed by atoms with Crippen molar-refractivity contribution in [3.8, 4) is 0 Å². The molecule has 0 spiro atoms. The van der Waals surface area contributed by atoms with Gasteiger partial charge >= 0.3 is 0 Å². The summed E-state index contributed by atoms with van der Waals surface area (Å²) >= 11 is 0. The van der Waals surface area contributed by atoms with E-state index in [-0.39, 0.29) is 0 Å². The molecule has 3 nitrogen and oxygen atoms in total. The Kier molecular flexibility index (Phi) is 5.46. The van der Waals surface area contributed by atoms with Gasteiger partial charge in [-0.3, -0.25) is 9.80 Å². The number of ether oxygens (including phenoxy) is 1. The molecule has 0 saturated carbocycles. The monoisotopic (exact) mass is 254 g/mol. The normalized spacial score (nSPS) is 28.3. The van der Waals surface area contributed by atoms with E-state index in [1.165, 1.54) is 45.4 Å². The van der Waals surface area contributed by atoms with E-state index in [0.29, 0.717) is 12.0 Å². The molecule has 2 aliphatic rings. The Hall–Kier alpha value is -0.120. The highest BCUT2D eigenvalue weighted by Crippen LogP contribution is 2.24. The van der Waals surface area contributed by atoms with Crippen LogP contribution in [0.1, 0.15) is 40.0 Å². The van der Waals surface area contributed by atoms with Crippen molar-refractivity contribution in [3.63, 3.8) is 0 Å². The summed E-state index contributed by atoms with van der Waals surface area (Å²) < 4.78 is 5.69. The predicted molar refractivity (Wildman–Crippen MR) is 75.9 cm³/mol. The molecule has 0 aliphatic carbocycles. The summed E-state index contributed by atoms with van der Waals surface area (Å²) in [5.74, 6) is 0.687. The van der Waals surface area contributed by atoms with E-state index in [2.05, 4.69) is 30.6 Å². The van der Waals surface area contributed by atoms with Gasteiger partial charge in [0.25, 0.3) is 0 Å². The molecular formula is C15H30N2O. The number of nitrogens with zero attached hydrogens (tertiary/aromatic N) is 2. The standard InChI is InChI=1S/C15H30N2O/c1-4-18-12-15(13(2)3)17-10-9-16-8-6-5-7-14(16)11-17/h13-15H,4-12H2,1-3H3. The molecule has 18 heavy (non-hydrogen) atoms. The molecule has 106 valence electrons. The lowest BCUT2D eigenvalue weighted by molar-refractivity contribution is -0.0150. The van der Waals surface area contributed by atoms with Crippen molar-refractivity contribution in [2.75, 3.05) is 39.4 Å². The van der Waals surface area contributed by atoms with Gasteiger partial charge in [-0.2, -0.15) is 0 Å². The minimum atomic E-state index is 0.606. The molecule has 2 saturated heterocycles. The van der Waals surface area contributed by atoms with Crippen LogP contribution < -0.4 is 0 Å². The van der Waals surface area contributed by atoms with Crippen LogP contribution in [0, 0.1) is 5.92 Å². The minimum absolute atomic E-state index is 0.606. The van der Waals surface area contributed by atoms with Crippen molar-refractivity contribution < 1.29 is 4.74 Å². The van der Waals surface area contributed by atoms with E-state index in [9.17, 15) is 0 Å². The average molecular weight is 254 g/mol. The van der Waals surface area contributed by atoms with Gasteiger partial charge < -0.3 is 4.74 Å². The summed E-state index contributed by atoms with van der Waals surface area (Å²) in [4.78, 5) is 5.39. The Morgan fingerprint density at radius 2 is 2.00 bits per heavy atom. The molecule has 0 aromatic rings. The van der Waals surface area contributed by atoms with Crippen molar-refractivity contribution in [1.82, 2.24) is 9.80 Å². The van der Waals surface area contributed by atoms with Crippen LogP contribution in [0.3, 0.4) is 0 Å². The molecule has 0 bridgehead atoms. The van der Waals surface area contributed by atoms with E-state index in [0.717, 1.165) is 19.3 Å². The molecule has 2 aliphatic heterocycles. The van der Waals surface area contributed by atoms with Crippen LogP contribution in [0.2, 0.25) is 0 Å². The molecule has 0 aromatic heterocycles. The summed E-state index contributed by atoms with van der Waals surface area (Å²) in [6.45, 7) is 13.6. The third kappa shape index (κ3) is 3.46. The smallest absolute Gasteiger partial charge is 0.0624 e. The third-order valence-corrected chi connectivity index (χ3v) is 4.60. The molecule has 2 heterocycles. The molecule has 2 unspecified atom stereocenters. The van der Waals surface area contributed by atoms with E-state index in [1.807, 2.05) is 0 Å². The highest BCUT2D eigenvalue weighted by Gasteiger charge is 2.32. The van der Waals surface area contributed by atoms with Crippen LogP contribution in [-0.2, 0) is 4.74 Å². The summed E-state index contributed by atoms with van der Waals surface area (Å²) in [5.41, 5.74) is 0. The lowest BCUT2D eigenvalue weighted by atomic mass is 9.96. The second kappa shape index (κ2) is 6.88. The molecule has 2 fully saturated rings. The zero-order chi connectivity index (χ0) is 13.0. The number of hydrogen-bond donors (Lipinski definition) is 0. The Balaban J connectivity index is 1.90. The zero-order valence-electron chi connectivity index (χ0n) is 12.4. The molecule has 0 aromatic carbocycles. The van der Waals surface area contributed by atoms with Crippen molar-refractivity contribution in [2.45, 2.75) is 52.1 Å². The van der Waals surface area contributed by atoms with Gasteiger partial charge in [0.05, 0.1) is 6.61 Å². The lowest BCUT2D eigenvalue weighted by Gasteiger charge is -2.47. The van der Waals surface area contributed by atoms with Crippen molar-refractivity contribution >= 4 is 0 Å². The van der Waals surface area contributed by atoms with Gasteiger partial charge in [-0.25, -0.2) is 0 Å². The largest absolute Gasteiger partial charge is 0.380 e. The number of piperidine rings is 1. The Bertz CT molecular complexity index is 245. The second-order valence-corrected chi connectivity index (χ2v) is 6.15. The van der Waals surface area contributed by atoms with Gasteiger partial charge in [-0.05, 0) is 32.2 Å². The summed E-state index contributed by atoms with van der Waals surface area (Å²) in [6.07, 6.45) is 4.23. The van der Waals surface area contributed by atoms with Crippen LogP contribution >= 0.6 is 0 Å². The van der Waals surface area contributed by atoms with Crippen LogP contribution in [0.25, 0.3) is 0 Å². The SMILES string of the molecule is CCOCC(C(C)C)N1CCN2CCCCC2C1. The van der Waals surface area contributed by atoms with Gasteiger partial charge in [-0.1, -0.05) is 20.3 Å². The van der Waals surface area contributed by atoms with Gasteiger partial charge in [0.15, 0.2) is 0 Å². The first-order valence-electron chi connectivity index (χ1n) is 7.78. The first kappa shape index (κ1) is 14.3. The van der Waals surface area contributed by atoms with Crippen molar-refractivity contribution in [2.24, 2.45) is 5.92 Å². The molecule has 2 atom stereocenters. The first-order valence-corrected chi connectivity index (χ1v) is 7.78. The summed E-state index contributed by atoms with van der Waals surface area (Å²) in [7, 11) is 0. The second-order valence-electron chi connectivity index (χ2n) is 6.15. The Morgan fingerprint density at radius 1 is 1.17 bits per heavy atom. The quantitative estimate of drug-likeness (QED) is 0.748. The minimum Gasteiger partial charge on any atom is -0.380 e. The highest BCUT2D eigenvalue weighted by atomic mass is 16.5. The van der Waals surface area contributed by atoms with E-state index in [1.54, 1.807) is 0 Å². The average Bonchev–Trinajstić information content (AvgIpc) is 2.38. The molecule has 0 N–H and O–H groups in total. The maximum Gasteiger partial charge on any atom is 0.0624 e. The number of piperazine rings is 1. The third-order valence-electron chi connectivity index (χ3n) is 4.60. The molecule has 3 heteroatoms. The van der Waals surface area contributed by atoms with Crippen LogP contribution in [0.15, 0.2) is 0 Å². The summed E-state index contributed by atoms with van der Waals surface area (Å²) in [5, 5.41) is 0. The van der Waals surface area contributed by atoms with Crippen LogP contribution in [0.4, 0.5) is 0 Å². The number of rotatable bonds is 5. The van der Waals surface area contributed by atoms with Gasteiger partial charge in [0, 0.05) is 38.3 Å². The Morgan fingerprint density at radius 3 is 2.72 bits per heavy atom. The van der Waals surface area contributed by atoms with E-state index < -0.39 is 0 Å². The van der Waals surface area contributed by atoms with Gasteiger partial charge in [0.1, 0.15) is 0 Å². The lowest BCUT2D eigenvalue weighted by Crippen LogP contribution is -2.58. The van der Waals surface area contributed by atoms with Crippen molar-refractivity contribution in [1.29, 1.82) is 0 Å². The predicted octanol–water partition coefficient (Wildman–Crippen LogP) is 2.22. The zero-order valence-corrected chi connectivity index (χ0v) is 12.4. The maximum atomic E-state index is 5.69. The summed E-state index contributed by atoms with van der Waals surface area (Å²) in [6, 6.07) is 1.42. The Labute approximate surface area is 112 Å². The fourth-order valence-corrected chi connectivity index (χ4v) is 3.44. The molecule has 0 amide bonds.